The number of fused-ring (bicyclic) bond motifs is 1. The third kappa shape index (κ3) is 4.88. The van der Waals surface area contributed by atoms with Gasteiger partial charge in [-0.2, -0.15) is 0 Å². The molecule has 0 saturated carbocycles. The molecule has 0 spiro atoms. The number of benzene rings is 5. The third-order valence-corrected chi connectivity index (χ3v) is 7.35. The van der Waals surface area contributed by atoms with Crippen molar-refractivity contribution in [3.63, 3.8) is 0 Å². The van der Waals surface area contributed by atoms with Gasteiger partial charge in [-0.25, -0.2) is 15.0 Å². The van der Waals surface area contributed by atoms with Crippen molar-refractivity contribution in [2.75, 3.05) is 0 Å². The molecule has 5 aromatic carbocycles. The molecule has 7 aromatic rings. The number of aryl methyl sites for hydroxylation is 1. The molecule has 0 aliphatic heterocycles. The molecular formula is C37H26N4. The second-order valence-electron chi connectivity index (χ2n) is 9.99. The number of aromatic nitrogens is 4. The lowest BCUT2D eigenvalue weighted by Crippen LogP contribution is -2.00. The van der Waals surface area contributed by atoms with Gasteiger partial charge in [0.15, 0.2) is 17.5 Å². The monoisotopic (exact) mass is 526 g/mol. The fraction of sp³-hybridized carbons (Fsp3) is 0.0270. The minimum absolute atomic E-state index is 0.649. The SMILES string of the molecule is Cc1nccc2c(-c3ccc(-c4cccc(-c5nc(-c6ccccc6)nc(-c6ccccc6)n5)c4)cc3)cccc12. The zero-order valence-corrected chi connectivity index (χ0v) is 22.6. The minimum Gasteiger partial charge on any atom is -0.261 e. The summed E-state index contributed by atoms with van der Waals surface area (Å²) in [5, 5.41) is 2.40. The largest absolute Gasteiger partial charge is 0.261 e. The molecule has 0 N–H and O–H groups in total. The van der Waals surface area contributed by atoms with Crippen molar-refractivity contribution in [2.45, 2.75) is 6.92 Å². The van der Waals surface area contributed by atoms with Crippen molar-refractivity contribution >= 4 is 10.8 Å². The van der Waals surface area contributed by atoms with E-state index in [0.717, 1.165) is 33.5 Å². The van der Waals surface area contributed by atoms with E-state index in [9.17, 15) is 0 Å². The van der Waals surface area contributed by atoms with Gasteiger partial charge in [0.25, 0.3) is 0 Å². The molecule has 0 saturated heterocycles. The van der Waals surface area contributed by atoms with Crippen LogP contribution in [0, 0.1) is 6.92 Å². The first-order valence-electron chi connectivity index (χ1n) is 13.7. The van der Waals surface area contributed by atoms with Crippen LogP contribution in [0.15, 0.2) is 140 Å². The summed E-state index contributed by atoms with van der Waals surface area (Å²) in [4.78, 5) is 19.1. The number of hydrogen-bond donors (Lipinski definition) is 0. The van der Waals surface area contributed by atoms with Crippen molar-refractivity contribution in [1.82, 2.24) is 19.9 Å². The summed E-state index contributed by atoms with van der Waals surface area (Å²) < 4.78 is 0. The Morgan fingerprint density at radius 3 is 1.59 bits per heavy atom. The van der Waals surface area contributed by atoms with Gasteiger partial charge < -0.3 is 0 Å². The van der Waals surface area contributed by atoms with Crippen molar-refractivity contribution in [3.05, 3.63) is 145 Å². The van der Waals surface area contributed by atoms with Crippen molar-refractivity contribution in [3.8, 4) is 56.4 Å². The van der Waals surface area contributed by atoms with Gasteiger partial charge in [0, 0.05) is 34.0 Å². The second kappa shape index (κ2) is 10.6. The Balaban J connectivity index is 1.27. The maximum absolute atomic E-state index is 4.90. The lowest BCUT2D eigenvalue weighted by atomic mass is 9.95. The van der Waals surface area contributed by atoms with E-state index in [-0.39, 0.29) is 0 Å². The molecule has 0 unspecified atom stereocenters. The van der Waals surface area contributed by atoms with Crippen molar-refractivity contribution in [1.29, 1.82) is 0 Å². The molecule has 2 heterocycles. The fourth-order valence-corrected chi connectivity index (χ4v) is 5.22. The normalized spacial score (nSPS) is 11.0. The van der Waals surface area contributed by atoms with Gasteiger partial charge in [-0.1, -0.05) is 121 Å². The molecule has 7 rings (SSSR count). The molecule has 0 amide bonds. The topological polar surface area (TPSA) is 51.6 Å². The van der Waals surface area contributed by atoms with Crippen LogP contribution >= 0.6 is 0 Å². The van der Waals surface area contributed by atoms with Gasteiger partial charge in [-0.3, -0.25) is 4.98 Å². The molecule has 194 valence electrons. The standard InChI is InChI=1S/C37H26N4/c1-25-32-16-9-17-33(34(32)22-23-38-25)27-20-18-26(19-21-27)30-14-8-15-31(24-30)37-40-35(28-10-4-2-5-11-28)39-36(41-37)29-12-6-3-7-13-29/h2-24H,1H3. The van der Waals surface area contributed by atoms with Gasteiger partial charge in [0.2, 0.25) is 0 Å². The molecule has 0 aliphatic carbocycles. The van der Waals surface area contributed by atoms with E-state index >= 15 is 0 Å². The summed E-state index contributed by atoms with van der Waals surface area (Å²) >= 11 is 0. The van der Waals surface area contributed by atoms with Gasteiger partial charge in [-0.15, -0.1) is 0 Å². The maximum Gasteiger partial charge on any atom is 0.164 e. The lowest BCUT2D eigenvalue weighted by Gasteiger charge is -2.11. The molecule has 0 radical (unpaired) electrons. The van der Waals surface area contributed by atoms with Crippen LogP contribution in [-0.2, 0) is 0 Å². The van der Waals surface area contributed by atoms with Crippen LogP contribution in [0.4, 0.5) is 0 Å². The van der Waals surface area contributed by atoms with Crippen LogP contribution in [-0.4, -0.2) is 19.9 Å². The Labute approximate surface area is 239 Å². The summed E-state index contributed by atoms with van der Waals surface area (Å²) in [6.45, 7) is 2.06. The Bertz CT molecular complexity index is 1930. The van der Waals surface area contributed by atoms with Crippen LogP contribution < -0.4 is 0 Å². The van der Waals surface area contributed by atoms with Gasteiger partial charge in [0.1, 0.15) is 0 Å². The van der Waals surface area contributed by atoms with E-state index < -0.39 is 0 Å². The number of nitrogens with zero attached hydrogens (tertiary/aromatic N) is 4. The third-order valence-electron chi connectivity index (χ3n) is 7.35. The molecule has 0 atom stereocenters. The first kappa shape index (κ1) is 24.6. The summed E-state index contributed by atoms with van der Waals surface area (Å²) in [7, 11) is 0. The average molecular weight is 527 g/mol. The predicted octanol–water partition coefficient (Wildman–Crippen LogP) is 9.06. The fourth-order valence-electron chi connectivity index (χ4n) is 5.22. The zero-order chi connectivity index (χ0) is 27.6. The Morgan fingerprint density at radius 2 is 0.927 bits per heavy atom. The van der Waals surface area contributed by atoms with Crippen LogP contribution in [0.5, 0.6) is 0 Å². The number of pyridine rings is 1. The Kier molecular flexibility index (Phi) is 6.34. The summed E-state index contributed by atoms with van der Waals surface area (Å²) in [6.07, 6.45) is 1.88. The molecule has 4 nitrogen and oxygen atoms in total. The van der Waals surface area contributed by atoms with E-state index in [0.29, 0.717) is 17.5 Å². The lowest BCUT2D eigenvalue weighted by molar-refractivity contribution is 1.07. The number of hydrogen-bond acceptors (Lipinski definition) is 4. The van der Waals surface area contributed by atoms with Crippen LogP contribution in [0.25, 0.3) is 67.2 Å². The Morgan fingerprint density at radius 1 is 0.390 bits per heavy atom. The molecule has 0 fully saturated rings. The molecular weight excluding hydrogens is 500 g/mol. The first-order valence-corrected chi connectivity index (χ1v) is 13.7. The summed E-state index contributed by atoms with van der Waals surface area (Å²) in [5.74, 6) is 1.96. The minimum atomic E-state index is 0.649. The van der Waals surface area contributed by atoms with Crippen molar-refractivity contribution in [2.24, 2.45) is 0 Å². The average Bonchev–Trinajstić information content (AvgIpc) is 3.05. The van der Waals surface area contributed by atoms with E-state index in [4.69, 9.17) is 15.0 Å². The highest BCUT2D eigenvalue weighted by molar-refractivity contribution is 5.97. The van der Waals surface area contributed by atoms with Gasteiger partial charge in [0.05, 0.1) is 0 Å². The Hall–Kier alpha value is -5.48. The molecule has 2 aromatic heterocycles. The van der Waals surface area contributed by atoms with Crippen LogP contribution in [0.1, 0.15) is 5.69 Å². The van der Waals surface area contributed by atoms with E-state index in [1.165, 1.54) is 21.9 Å². The second-order valence-corrected chi connectivity index (χ2v) is 9.99. The number of rotatable bonds is 5. The highest BCUT2D eigenvalue weighted by atomic mass is 15.0. The predicted molar refractivity (Wildman–Crippen MR) is 167 cm³/mol. The smallest absolute Gasteiger partial charge is 0.164 e. The molecule has 41 heavy (non-hydrogen) atoms. The van der Waals surface area contributed by atoms with E-state index in [1.54, 1.807) is 0 Å². The van der Waals surface area contributed by atoms with Crippen LogP contribution in [0.3, 0.4) is 0 Å². The highest BCUT2D eigenvalue weighted by Crippen LogP contribution is 2.32. The first-order chi connectivity index (χ1) is 20.2. The highest BCUT2D eigenvalue weighted by Gasteiger charge is 2.13. The van der Waals surface area contributed by atoms with E-state index in [1.807, 2.05) is 66.9 Å². The summed E-state index contributed by atoms with van der Waals surface area (Å²) in [5.41, 5.74) is 8.53. The summed E-state index contributed by atoms with van der Waals surface area (Å²) in [6, 6.07) is 45.8. The maximum atomic E-state index is 4.90. The molecule has 0 bridgehead atoms. The quantitative estimate of drug-likeness (QED) is 0.224. The van der Waals surface area contributed by atoms with E-state index in [2.05, 4.69) is 84.7 Å². The van der Waals surface area contributed by atoms with Crippen molar-refractivity contribution < 1.29 is 0 Å². The molecule has 4 heteroatoms. The van der Waals surface area contributed by atoms with Gasteiger partial charge in [-0.05, 0) is 46.7 Å². The van der Waals surface area contributed by atoms with Gasteiger partial charge >= 0.3 is 0 Å². The zero-order valence-electron chi connectivity index (χ0n) is 22.6. The van der Waals surface area contributed by atoms with Crippen LogP contribution in [0.2, 0.25) is 0 Å². The molecule has 0 aliphatic rings.